The maximum absolute atomic E-state index is 12.8. The Balaban J connectivity index is 1.68. The highest BCUT2D eigenvalue weighted by Gasteiger charge is 2.24. The molecule has 1 aliphatic heterocycles. The molecule has 0 radical (unpaired) electrons. The maximum atomic E-state index is 12.8. The molecule has 0 saturated heterocycles. The number of benzene rings is 1. The van der Waals surface area contributed by atoms with Crippen molar-refractivity contribution in [1.29, 1.82) is 0 Å². The third-order valence-electron chi connectivity index (χ3n) is 3.62. The predicted octanol–water partition coefficient (Wildman–Crippen LogP) is 2.66. The van der Waals surface area contributed by atoms with Gasteiger partial charge in [0.25, 0.3) is 5.91 Å². The van der Waals surface area contributed by atoms with Gasteiger partial charge in [0, 0.05) is 10.9 Å². The molecule has 0 atom stereocenters. The van der Waals surface area contributed by atoms with E-state index in [-0.39, 0.29) is 5.91 Å². The highest BCUT2D eigenvalue weighted by Crippen LogP contribution is 2.30. The molecule has 1 N–H and O–H groups in total. The minimum Gasteiger partial charge on any atom is -0.482 e. The Morgan fingerprint density at radius 3 is 3.19 bits per heavy atom. The number of amides is 1. The van der Waals surface area contributed by atoms with Gasteiger partial charge in [0.1, 0.15) is 6.61 Å². The number of thiophene rings is 1. The Kier molecular flexibility index (Phi) is 2.89. The maximum Gasteiger partial charge on any atom is 0.275 e. The molecular formula is C15H13N3O2S. The number of nitrogens with one attached hydrogen (secondary N) is 1. The molecule has 4 rings (SSSR count). The average Bonchev–Trinajstić information content (AvgIpc) is 3.08. The van der Waals surface area contributed by atoms with Crippen molar-refractivity contribution in [3.8, 4) is 5.06 Å². The van der Waals surface area contributed by atoms with Crippen molar-refractivity contribution in [2.45, 2.75) is 6.54 Å². The van der Waals surface area contributed by atoms with Crippen LogP contribution < -0.4 is 4.74 Å². The third kappa shape index (κ3) is 2.08. The first-order valence-electron chi connectivity index (χ1n) is 6.74. The fraction of sp³-hybridized carbons (Fsp3) is 0.200. The molecule has 0 fully saturated rings. The lowest BCUT2D eigenvalue weighted by molar-refractivity contribution is 0.0729. The minimum absolute atomic E-state index is 0.0601. The van der Waals surface area contributed by atoms with Gasteiger partial charge in [-0.25, -0.2) is 0 Å². The Labute approximate surface area is 125 Å². The molecule has 1 aliphatic rings. The van der Waals surface area contributed by atoms with Crippen LogP contribution in [0.5, 0.6) is 5.06 Å². The molecule has 6 heteroatoms. The van der Waals surface area contributed by atoms with Crippen LogP contribution in [0.2, 0.25) is 0 Å². The van der Waals surface area contributed by atoms with Crippen molar-refractivity contribution in [3.05, 3.63) is 47.0 Å². The van der Waals surface area contributed by atoms with Crippen LogP contribution in [-0.4, -0.2) is 34.2 Å². The molecular weight excluding hydrogens is 286 g/mol. The van der Waals surface area contributed by atoms with Crippen molar-refractivity contribution in [3.63, 3.8) is 0 Å². The molecule has 0 aliphatic carbocycles. The number of aromatic amines is 1. The zero-order valence-corrected chi connectivity index (χ0v) is 12.0. The number of aromatic nitrogens is 2. The zero-order chi connectivity index (χ0) is 14.2. The summed E-state index contributed by atoms with van der Waals surface area (Å²) in [6, 6.07) is 9.68. The average molecular weight is 299 g/mol. The Morgan fingerprint density at radius 1 is 1.33 bits per heavy atom. The first kappa shape index (κ1) is 12.4. The second-order valence-electron chi connectivity index (χ2n) is 4.93. The van der Waals surface area contributed by atoms with Gasteiger partial charge in [-0.15, -0.1) is 11.3 Å². The summed E-state index contributed by atoms with van der Waals surface area (Å²) in [7, 11) is 0. The first-order valence-corrected chi connectivity index (χ1v) is 7.62. The van der Waals surface area contributed by atoms with Gasteiger partial charge in [-0.3, -0.25) is 9.89 Å². The lowest BCUT2D eigenvalue weighted by atomic mass is 10.2. The summed E-state index contributed by atoms with van der Waals surface area (Å²) in [6.45, 7) is 1.65. The van der Waals surface area contributed by atoms with Gasteiger partial charge in [-0.1, -0.05) is 18.2 Å². The minimum atomic E-state index is -0.0601. The van der Waals surface area contributed by atoms with E-state index in [2.05, 4.69) is 10.2 Å². The fourth-order valence-corrected chi connectivity index (χ4v) is 3.34. The van der Waals surface area contributed by atoms with Gasteiger partial charge in [0.05, 0.1) is 18.6 Å². The van der Waals surface area contributed by atoms with Gasteiger partial charge >= 0.3 is 0 Å². The lowest BCUT2D eigenvalue weighted by Gasteiger charge is -2.18. The highest BCUT2D eigenvalue weighted by atomic mass is 32.1. The molecule has 1 aromatic carbocycles. The normalized spacial score (nSPS) is 14.6. The van der Waals surface area contributed by atoms with Crippen LogP contribution in [-0.2, 0) is 6.54 Å². The number of carbonyl (C=O) groups excluding carboxylic acids is 1. The summed E-state index contributed by atoms with van der Waals surface area (Å²) < 4.78 is 5.67. The Morgan fingerprint density at radius 2 is 2.24 bits per heavy atom. The summed E-state index contributed by atoms with van der Waals surface area (Å²) in [5.74, 6) is -0.0601. The van der Waals surface area contributed by atoms with E-state index in [1.807, 2.05) is 35.7 Å². The molecule has 0 bridgehead atoms. The van der Waals surface area contributed by atoms with Crippen LogP contribution in [0.1, 0.15) is 16.1 Å². The van der Waals surface area contributed by atoms with E-state index in [4.69, 9.17) is 4.74 Å². The lowest BCUT2D eigenvalue weighted by Crippen LogP contribution is -2.32. The predicted molar refractivity (Wildman–Crippen MR) is 80.6 cm³/mol. The van der Waals surface area contributed by atoms with Crippen molar-refractivity contribution >= 4 is 28.1 Å². The van der Waals surface area contributed by atoms with Crippen LogP contribution >= 0.6 is 11.3 Å². The summed E-state index contributed by atoms with van der Waals surface area (Å²) in [5, 5.41) is 10.9. The smallest absolute Gasteiger partial charge is 0.275 e. The standard InChI is InChI=1S/C15H13N3O2S/c19-14(13-11-3-1-2-4-12(11)16-17-13)18-6-7-20-15-10(9-18)5-8-21-15/h1-5,8H,6-7,9H2,(H,16,17). The molecule has 0 unspecified atom stereocenters. The van der Waals surface area contributed by atoms with E-state index in [0.717, 1.165) is 21.5 Å². The van der Waals surface area contributed by atoms with E-state index in [0.29, 0.717) is 25.4 Å². The Hall–Kier alpha value is -2.34. The number of nitrogens with zero attached hydrogens (tertiary/aromatic N) is 2. The van der Waals surface area contributed by atoms with Gasteiger partial charge in [0.2, 0.25) is 0 Å². The number of hydrogen-bond acceptors (Lipinski definition) is 4. The molecule has 21 heavy (non-hydrogen) atoms. The molecule has 3 heterocycles. The van der Waals surface area contributed by atoms with Gasteiger partial charge < -0.3 is 9.64 Å². The van der Waals surface area contributed by atoms with Crippen molar-refractivity contribution in [1.82, 2.24) is 15.1 Å². The summed E-state index contributed by atoms with van der Waals surface area (Å²) in [5.41, 5.74) is 2.41. The number of para-hydroxylation sites is 1. The molecule has 3 aromatic rings. The van der Waals surface area contributed by atoms with E-state index in [1.54, 1.807) is 16.2 Å². The van der Waals surface area contributed by atoms with E-state index in [9.17, 15) is 4.79 Å². The van der Waals surface area contributed by atoms with Gasteiger partial charge in [-0.05, 0) is 17.5 Å². The molecule has 5 nitrogen and oxygen atoms in total. The quantitative estimate of drug-likeness (QED) is 0.751. The summed E-state index contributed by atoms with van der Waals surface area (Å²) in [6.07, 6.45) is 0. The molecule has 1 amide bonds. The van der Waals surface area contributed by atoms with Crippen molar-refractivity contribution in [2.75, 3.05) is 13.2 Å². The third-order valence-corrected chi connectivity index (χ3v) is 4.49. The number of carbonyl (C=O) groups is 1. The van der Waals surface area contributed by atoms with Crippen LogP contribution in [0.3, 0.4) is 0 Å². The van der Waals surface area contributed by atoms with Crippen LogP contribution in [0.4, 0.5) is 0 Å². The number of ether oxygens (including phenoxy) is 1. The van der Waals surface area contributed by atoms with Gasteiger partial charge in [0.15, 0.2) is 10.8 Å². The largest absolute Gasteiger partial charge is 0.482 e. The molecule has 106 valence electrons. The highest BCUT2D eigenvalue weighted by molar-refractivity contribution is 7.12. The van der Waals surface area contributed by atoms with Crippen LogP contribution in [0.25, 0.3) is 10.9 Å². The molecule has 0 saturated carbocycles. The van der Waals surface area contributed by atoms with Crippen LogP contribution in [0.15, 0.2) is 35.7 Å². The fourth-order valence-electron chi connectivity index (χ4n) is 2.55. The zero-order valence-electron chi connectivity index (χ0n) is 11.2. The number of hydrogen-bond donors (Lipinski definition) is 1. The SMILES string of the molecule is O=C(c1n[nH]c2ccccc12)N1CCOc2sccc2C1. The van der Waals surface area contributed by atoms with Crippen molar-refractivity contribution in [2.24, 2.45) is 0 Å². The summed E-state index contributed by atoms with van der Waals surface area (Å²) in [4.78, 5) is 14.5. The topological polar surface area (TPSA) is 58.2 Å². The molecule has 2 aromatic heterocycles. The first-order chi connectivity index (χ1) is 10.3. The second kappa shape index (κ2) is 4.89. The van der Waals surface area contributed by atoms with E-state index < -0.39 is 0 Å². The van der Waals surface area contributed by atoms with Gasteiger partial charge in [-0.2, -0.15) is 5.10 Å². The Bertz CT molecular complexity index is 808. The van der Waals surface area contributed by atoms with E-state index >= 15 is 0 Å². The second-order valence-corrected chi connectivity index (χ2v) is 5.80. The number of rotatable bonds is 1. The number of fused-ring (bicyclic) bond motifs is 2. The number of H-pyrrole nitrogens is 1. The van der Waals surface area contributed by atoms with E-state index in [1.165, 1.54) is 0 Å². The van der Waals surface area contributed by atoms with Crippen LogP contribution in [0, 0.1) is 0 Å². The monoisotopic (exact) mass is 299 g/mol. The summed E-state index contributed by atoms with van der Waals surface area (Å²) >= 11 is 1.57. The van der Waals surface area contributed by atoms with Crippen molar-refractivity contribution < 1.29 is 9.53 Å². The molecule has 0 spiro atoms.